The lowest BCUT2D eigenvalue weighted by Gasteiger charge is -2.06. The van der Waals surface area contributed by atoms with E-state index in [-0.39, 0.29) is 12.5 Å². The molecular weight excluding hydrogens is 326 g/mol. The van der Waals surface area contributed by atoms with Gasteiger partial charge in [0.15, 0.2) is 6.61 Å². The number of H-pyrrole nitrogens is 1. The van der Waals surface area contributed by atoms with Crippen molar-refractivity contribution in [1.82, 2.24) is 10.4 Å². The number of hydrogen-bond acceptors (Lipinski definition) is 3. The van der Waals surface area contributed by atoms with Gasteiger partial charge < -0.3 is 9.72 Å². The van der Waals surface area contributed by atoms with Gasteiger partial charge in [0.2, 0.25) is 0 Å². The first-order valence-electron chi connectivity index (χ1n) is 7.40. The maximum Gasteiger partial charge on any atom is 0.277 e. The van der Waals surface area contributed by atoms with E-state index in [1.807, 2.05) is 37.4 Å². The second-order valence-corrected chi connectivity index (χ2v) is 5.69. The highest BCUT2D eigenvalue weighted by Gasteiger charge is 2.04. The lowest BCUT2D eigenvalue weighted by atomic mass is 10.2. The molecule has 2 N–H and O–H groups in total. The molecular formula is C18H16ClN3O2. The summed E-state index contributed by atoms with van der Waals surface area (Å²) >= 11 is 5.95. The maximum atomic E-state index is 11.8. The SMILES string of the molecule is Cc1cc(OCC(=O)N/N=C\c2c[nH]c3ccccc23)ccc1Cl. The molecule has 1 aromatic heterocycles. The van der Waals surface area contributed by atoms with Gasteiger partial charge in [0.1, 0.15) is 5.75 Å². The van der Waals surface area contributed by atoms with Crippen molar-refractivity contribution in [2.24, 2.45) is 5.10 Å². The predicted molar refractivity (Wildman–Crippen MR) is 95.7 cm³/mol. The molecule has 0 aliphatic carbocycles. The normalized spacial score (nSPS) is 11.1. The van der Waals surface area contributed by atoms with Gasteiger partial charge in [0.25, 0.3) is 5.91 Å². The first-order valence-corrected chi connectivity index (χ1v) is 7.78. The van der Waals surface area contributed by atoms with Crippen LogP contribution in [0.4, 0.5) is 0 Å². The molecule has 3 rings (SSSR count). The number of carbonyl (C=O) groups is 1. The quantitative estimate of drug-likeness (QED) is 0.549. The minimum Gasteiger partial charge on any atom is -0.484 e. The zero-order valence-electron chi connectivity index (χ0n) is 13.0. The van der Waals surface area contributed by atoms with Gasteiger partial charge in [-0.2, -0.15) is 5.10 Å². The Bertz CT molecular complexity index is 902. The van der Waals surface area contributed by atoms with Crippen LogP contribution in [0.1, 0.15) is 11.1 Å². The Balaban J connectivity index is 1.54. The number of hydrazone groups is 1. The van der Waals surface area contributed by atoms with Crippen molar-refractivity contribution < 1.29 is 9.53 Å². The number of rotatable bonds is 5. The average Bonchev–Trinajstić information content (AvgIpc) is 2.99. The minimum absolute atomic E-state index is 0.119. The number of para-hydroxylation sites is 1. The summed E-state index contributed by atoms with van der Waals surface area (Å²) in [5.74, 6) is 0.256. The Kier molecular flexibility index (Phi) is 4.82. The second-order valence-electron chi connectivity index (χ2n) is 5.28. The molecule has 122 valence electrons. The Labute approximate surface area is 144 Å². The van der Waals surface area contributed by atoms with Crippen molar-refractivity contribution in [3.63, 3.8) is 0 Å². The summed E-state index contributed by atoms with van der Waals surface area (Å²) < 4.78 is 5.41. The summed E-state index contributed by atoms with van der Waals surface area (Å²) in [5, 5.41) is 5.67. The van der Waals surface area contributed by atoms with Crippen LogP contribution in [0.15, 0.2) is 53.8 Å². The van der Waals surface area contributed by atoms with Crippen LogP contribution in [0.3, 0.4) is 0 Å². The summed E-state index contributed by atoms with van der Waals surface area (Å²) in [6.07, 6.45) is 3.44. The molecule has 0 bridgehead atoms. The van der Waals surface area contributed by atoms with Crippen molar-refractivity contribution in [1.29, 1.82) is 0 Å². The topological polar surface area (TPSA) is 66.5 Å². The molecule has 1 heterocycles. The van der Waals surface area contributed by atoms with E-state index in [1.165, 1.54) is 0 Å². The van der Waals surface area contributed by atoms with Crippen LogP contribution in [0.2, 0.25) is 5.02 Å². The van der Waals surface area contributed by atoms with Crippen molar-refractivity contribution in [3.05, 3.63) is 64.8 Å². The first kappa shape index (κ1) is 16.1. The molecule has 0 spiro atoms. The molecule has 0 aliphatic heterocycles. The monoisotopic (exact) mass is 341 g/mol. The fourth-order valence-corrected chi connectivity index (χ4v) is 2.38. The van der Waals surface area contributed by atoms with E-state index in [4.69, 9.17) is 16.3 Å². The zero-order valence-corrected chi connectivity index (χ0v) is 13.8. The van der Waals surface area contributed by atoms with Crippen LogP contribution >= 0.6 is 11.6 Å². The van der Waals surface area contributed by atoms with Gasteiger partial charge in [-0.25, -0.2) is 5.43 Å². The van der Waals surface area contributed by atoms with Gasteiger partial charge in [-0.1, -0.05) is 29.8 Å². The third-order valence-electron chi connectivity index (χ3n) is 3.51. The van der Waals surface area contributed by atoms with E-state index in [0.29, 0.717) is 10.8 Å². The van der Waals surface area contributed by atoms with E-state index in [9.17, 15) is 4.79 Å². The highest BCUT2D eigenvalue weighted by molar-refractivity contribution is 6.31. The van der Waals surface area contributed by atoms with Crippen LogP contribution in [-0.2, 0) is 4.79 Å². The number of hydrogen-bond donors (Lipinski definition) is 2. The summed E-state index contributed by atoms with van der Waals surface area (Å²) in [7, 11) is 0. The highest BCUT2D eigenvalue weighted by atomic mass is 35.5. The fraction of sp³-hybridized carbons (Fsp3) is 0.111. The number of benzene rings is 2. The molecule has 3 aromatic rings. The third kappa shape index (κ3) is 3.75. The number of aromatic nitrogens is 1. The molecule has 0 aliphatic rings. The van der Waals surface area contributed by atoms with Crippen molar-refractivity contribution in [3.8, 4) is 5.75 Å². The third-order valence-corrected chi connectivity index (χ3v) is 3.94. The Morgan fingerprint density at radius 2 is 2.17 bits per heavy atom. The van der Waals surface area contributed by atoms with Crippen LogP contribution in [0.25, 0.3) is 10.9 Å². The maximum absolute atomic E-state index is 11.8. The summed E-state index contributed by atoms with van der Waals surface area (Å²) in [6.45, 7) is 1.76. The molecule has 0 fully saturated rings. The molecule has 5 nitrogen and oxygen atoms in total. The summed E-state index contributed by atoms with van der Waals surface area (Å²) in [5.41, 5.74) is 5.27. The second kappa shape index (κ2) is 7.19. The molecule has 0 unspecified atom stereocenters. The predicted octanol–water partition coefficient (Wildman–Crippen LogP) is 3.66. The van der Waals surface area contributed by atoms with Crippen LogP contribution in [-0.4, -0.2) is 23.7 Å². The molecule has 0 saturated heterocycles. The van der Waals surface area contributed by atoms with E-state index in [0.717, 1.165) is 22.0 Å². The minimum atomic E-state index is -0.335. The molecule has 1 amide bonds. The smallest absolute Gasteiger partial charge is 0.277 e. The Morgan fingerprint density at radius 3 is 3.00 bits per heavy atom. The van der Waals surface area contributed by atoms with Gasteiger partial charge in [-0.05, 0) is 36.8 Å². The lowest BCUT2D eigenvalue weighted by Crippen LogP contribution is -2.24. The van der Waals surface area contributed by atoms with Crippen LogP contribution in [0.5, 0.6) is 5.75 Å². The molecule has 24 heavy (non-hydrogen) atoms. The standard InChI is InChI=1S/C18H16ClN3O2/c1-12-8-14(6-7-16(12)19)24-11-18(23)22-21-10-13-9-20-17-5-3-2-4-15(13)17/h2-10,20H,11H2,1H3,(H,22,23)/b21-10-. The van der Waals surface area contributed by atoms with Gasteiger partial charge >= 0.3 is 0 Å². The number of fused-ring (bicyclic) bond motifs is 1. The number of nitrogens with zero attached hydrogens (tertiary/aromatic N) is 1. The number of aryl methyl sites for hydroxylation is 1. The van der Waals surface area contributed by atoms with E-state index >= 15 is 0 Å². The molecule has 0 atom stereocenters. The number of nitrogens with one attached hydrogen (secondary N) is 2. The van der Waals surface area contributed by atoms with Crippen molar-refractivity contribution >= 4 is 34.6 Å². The molecule has 0 saturated carbocycles. The molecule has 6 heteroatoms. The number of carbonyl (C=O) groups excluding carboxylic acids is 1. The van der Waals surface area contributed by atoms with Crippen LogP contribution < -0.4 is 10.2 Å². The first-order chi connectivity index (χ1) is 11.6. The van der Waals surface area contributed by atoms with Crippen molar-refractivity contribution in [2.45, 2.75) is 6.92 Å². The lowest BCUT2D eigenvalue weighted by molar-refractivity contribution is -0.123. The Hall–Kier alpha value is -2.79. The molecule has 2 aromatic carbocycles. The average molecular weight is 342 g/mol. The van der Waals surface area contributed by atoms with Gasteiger partial charge in [0, 0.05) is 27.7 Å². The highest BCUT2D eigenvalue weighted by Crippen LogP contribution is 2.20. The zero-order chi connectivity index (χ0) is 16.9. The van der Waals surface area contributed by atoms with Gasteiger partial charge in [0.05, 0.1) is 6.21 Å². The van der Waals surface area contributed by atoms with Crippen LogP contribution in [0, 0.1) is 6.92 Å². The Morgan fingerprint density at radius 1 is 1.33 bits per heavy atom. The van der Waals surface area contributed by atoms with Gasteiger partial charge in [-0.15, -0.1) is 0 Å². The van der Waals surface area contributed by atoms with E-state index < -0.39 is 0 Å². The number of aromatic amines is 1. The van der Waals surface area contributed by atoms with E-state index in [2.05, 4.69) is 15.5 Å². The van der Waals surface area contributed by atoms with E-state index in [1.54, 1.807) is 24.4 Å². The summed E-state index contributed by atoms with van der Waals surface area (Å²) in [4.78, 5) is 14.9. The number of amides is 1. The largest absolute Gasteiger partial charge is 0.484 e. The molecule has 0 radical (unpaired) electrons. The number of halogens is 1. The summed E-state index contributed by atoms with van der Waals surface area (Å²) in [6, 6.07) is 13.1. The fourth-order valence-electron chi connectivity index (χ4n) is 2.26. The van der Waals surface area contributed by atoms with Crippen molar-refractivity contribution in [2.75, 3.05) is 6.61 Å². The number of ether oxygens (including phenoxy) is 1. The van der Waals surface area contributed by atoms with Gasteiger partial charge in [-0.3, -0.25) is 4.79 Å².